The molecule has 0 saturated carbocycles. The van der Waals surface area contributed by atoms with E-state index in [1.165, 1.54) is 0 Å². The lowest BCUT2D eigenvalue weighted by Crippen LogP contribution is -2.47. The standard InChI is InChI=1S/C20H32N4O2/c1-16(2)23-9-6-17(7-10-23)20(25)22-15-19(18-5-3-4-8-21-18)24-11-13-26-14-12-24/h3-5,8,16-17,19H,6-7,9-15H2,1-2H3,(H,22,25)/t19-/m0/s1. The molecule has 3 rings (SSSR count). The predicted molar refractivity (Wildman–Crippen MR) is 102 cm³/mol. The number of morpholine rings is 1. The van der Waals surface area contributed by atoms with Crippen LogP contribution in [0.25, 0.3) is 0 Å². The molecular weight excluding hydrogens is 328 g/mol. The first kappa shape index (κ1) is 19.3. The van der Waals surface area contributed by atoms with Crippen molar-refractivity contribution in [2.24, 2.45) is 5.92 Å². The van der Waals surface area contributed by atoms with E-state index in [1.807, 2.05) is 24.4 Å². The summed E-state index contributed by atoms with van der Waals surface area (Å²) in [6.07, 6.45) is 3.73. The Morgan fingerprint density at radius 2 is 1.92 bits per heavy atom. The molecule has 2 saturated heterocycles. The van der Waals surface area contributed by atoms with Crippen molar-refractivity contribution < 1.29 is 9.53 Å². The molecule has 3 heterocycles. The molecule has 1 aromatic heterocycles. The van der Waals surface area contributed by atoms with E-state index in [0.29, 0.717) is 12.6 Å². The summed E-state index contributed by atoms with van der Waals surface area (Å²) in [7, 11) is 0. The first-order chi connectivity index (χ1) is 12.6. The van der Waals surface area contributed by atoms with Gasteiger partial charge in [-0.2, -0.15) is 0 Å². The van der Waals surface area contributed by atoms with E-state index in [0.717, 1.165) is 57.9 Å². The van der Waals surface area contributed by atoms with Gasteiger partial charge in [0.25, 0.3) is 0 Å². The monoisotopic (exact) mass is 360 g/mol. The largest absolute Gasteiger partial charge is 0.379 e. The van der Waals surface area contributed by atoms with Gasteiger partial charge in [-0.1, -0.05) is 6.07 Å². The third-order valence-corrected chi connectivity index (χ3v) is 5.62. The number of aromatic nitrogens is 1. The number of hydrogen-bond acceptors (Lipinski definition) is 5. The third kappa shape index (κ3) is 5.02. The van der Waals surface area contributed by atoms with E-state index < -0.39 is 0 Å². The summed E-state index contributed by atoms with van der Waals surface area (Å²) in [5.41, 5.74) is 1.02. The number of carbonyl (C=O) groups excluding carboxylic acids is 1. The summed E-state index contributed by atoms with van der Waals surface area (Å²) in [5.74, 6) is 0.335. The third-order valence-electron chi connectivity index (χ3n) is 5.62. The number of piperidine rings is 1. The van der Waals surface area contributed by atoms with E-state index in [9.17, 15) is 4.79 Å². The second kappa shape index (κ2) is 9.44. The Balaban J connectivity index is 1.56. The number of likely N-dealkylation sites (tertiary alicyclic amines) is 1. The average Bonchev–Trinajstić information content (AvgIpc) is 2.69. The zero-order valence-corrected chi connectivity index (χ0v) is 16.1. The topological polar surface area (TPSA) is 57.7 Å². The van der Waals surface area contributed by atoms with Crippen molar-refractivity contribution in [3.63, 3.8) is 0 Å². The maximum atomic E-state index is 12.7. The number of nitrogens with zero attached hydrogens (tertiary/aromatic N) is 3. The molecule has 6 nitrogen and oxygen atoms in total. The number of rotatable bonds is 6. The molecule has 144 valence electrons. The lowest BCUT2D eigenvalue weighted by Gasteiger charge is -2.36. The Hall–Kier alpha value is -1.50. The van der Waals surface area contributed by atoms with Crippen molar-refractivity contribution in [1.29, 1.82) is 0 Å². The lowest BCUT2D eigenvalue weighted by atomic mass is 9.95. The zero-order valence-electron chi connectivity index (χ0n) is 16.1. The summed E-state index contributed by atoms with van der Waals surface area (Å²) in [6, 6.07) is 6.67. The molecule has 1 aromatic rings. The Morgan fingerprint density at radius 1 is 1.19 bits per heavy atom. The second-order valence-corrected chi connectivity index (χ2v) is 7.57. The second-order valence-electron chi connectivity index (χ2n) is 7.57. The lowest BCUT2D eigenvalue weighted by molar-refractivity contribution is -0.127. The van der Waals surface area contributed by atoms with Crippen LogP contribution in [0, 0.1) is 5.92 Å². The molecule has 2 aliphatic rings. The van der Waals surface area contributed by atoms with Crippen LogP contribution in [0.4, 0.5) is 0 Å². The number of carbonyl (C=O) groups is 1. The Labute approximate surface area is 156 Å². The average molecular weight is 361 g/mol. The molecule has 0 bridgehead atoms. The number of nitrogens with one attached hydrogen (secondary N) is 1. The van der Waals surface area contributed by atoms with Crippen molar-refractivity contribution in [3.05, 3.63) is 30.1 Å². The van der Waals surface area contributed by atoms with Crippen LogP contribution in [0.1, 0.15) is 38.4 Å². The van der Waals surface area contributed by atoms with E-state index in [2.05, 4.69) is 33.9 Å². The minimum atomic E-state index is 0.111. The van der Waals surface area contributed by atoms with Crippen molar-refractivity contribution in [2.75, 3.05) is 45.9 Å². The van der Waals surface area contributed by atoms with Gasteiger partial charge in [0.2, 0.25) is 5.91 Å². The minimum Gasteiger partial charge on any atom is -0.379 e. The highest BCUT2D eigenvalue weighted by Gasteiger charge is 2.28. The molecule has 0 spiro atoms. The molecule has 1 atom stereocenters. The van der Waals surface area contributed by atoms with Gasteiger partial charge in [0.15, 0.2) is 0 Å². The smallest absolute Gasteiger partial charge is 0.223 e. The fourth-order valence-corrected chi connectivity index (χ4v) is 3.90. The first-order valence-corrected chi connectivity index (χ1v) is 9.89. The van der Waals surface area contributed by atoms with Crippen molar-refractivity contribution >= 4 is 5.91 Å². The highest BCUT2D eigenvalue weighted by atomic mass is 16.5. The summed E-state index contributed by atoms with van der Waals surface area (Å²) >= 11 is 0. The predicted octanol–water partition coefficient (Wildman–Crippen LogP) is 1.69. The first-order valence-electron chi connectivity index (χ1n) is 9.89. The number of ether oxygens (including phenoxy) is 1. The van der Waals surface area contributed by atoms with Crippen molar-refractivity contribution in [3.8, 4) is 0 Å². The highest BCUT2D eigenvalue weighted by Crippen LogP contribution is 2.21. The Kier molecular flexibility index (Phi) is 7.00. The van der Waals surface area contributed by atoms with Gasteiger partial charge in [-0.3, -0.25) is 14.7 Å². The van der Waals surface area contributed by atoms with Crippen molar-refractivity contribution in [1.82, 2.24) is 20.1 Å². The molecule has 0 aromatic carbocycles. The van der Waals surface area contributed by atoms with Crippen LogP contribution in [0.2, 0.25) is 0 Å². The van der Waals surface area contributed by atoms with E-state index in [-0.39, 0.29) is 17.9 Å². The SMILES string of the molecule is CC(C)N1CCC(C(=O)NC[C@@H](c2ccccn2)N2CCOCC2)CC1. The molecule has 0 radical (unpaired) electrons. The summed E-state index contributed by atoms with van der Waals surface area (Å²) in [4.78, 5) is 22.1. The molecule has 0 aliphatic carbocycles. The number of hydrogen-bond donors (Lipinski definition) is 1. The van der Waals surface area contributed by atoms with E-state index in [4.69, 9.17) is 4.74 Å². The van der Waals surface area contributed by atoms with Crippen LogP contribution in [0.5, 0.6) is 0 Å². The molecule has 2 aliphatic heterocycles. The van der Waals surface area contributed by atoms with Crippen molar-refractivity contribution in [2.45, 2.75) is 38.8 Å². The Bertz CT molecular complexity index is 552. The molecule has 1 amide bonds. The van der Waals surface area contributed by atoms with Gasteiger partial charge in [-0.05, 0) is 51.9 Å². The molecule has 0 unspecified atom stereocenters. The quantitative estimate of drug-likeness (QED) is 0.837. The maximum absolute atomic E-state index is 12.7. The van der Waals surface area contributed by atoms with Gasteiger partial charge in [0.1, 0.15) is 0 Å². The van der Waals surface area contributed by atoms with E-state index in [1.54, 1.807) is 0 Å². The van der Waals surface area contributed by atoms with E-state index >= 15 is 0 Å². The maximum Gasteiger partial charge on any atom is 0.223 e. The van der Waals surface area contributed by atoms with Gasteiger partial charge in [0, 0.05) is 37.8 Å². The van der Waals surface area contributed by atoms with Crippen LogP contribution in [-0.4, -0.2) is 72.7 Å². The van der Waals surface area contributed by atoms with Gasteiger partial charge >= 0.3 is 0 Å². The molecule has 1 N–H and O–H groups in total. The Morgan fingerprint density at radius 3 is 2.54 bits per heavy atom. The molecule has 26 heavy (non-hydrogen) atoms. The van der Waals surface area contributed by atoms with Crippen LogP contribution < -0.4 is 5.32 Å². The fraction of sp³-hybridized carbons (Fsp3) is 0.700. The van der Waals surface area contributed by atoms with Gasteiger partial charge in [-0.25, -0.2) is 0 Å². The summed E-state index contributed by atoms with van der Waals surface area (Å²) < 4.78 is 5.48. The van der Waals surface area contributed by atoms with Crippen LogP contribution in [-0.2, 0) is 9.53 Å². The summed E-state index contributed by atoms with van der Waals surface area (Å²) in [6.45, 7) is 10.3. The normalized spacial score (nSPS) is 21.7. The fourth-order valence-electron chi connectivity index (χ4n) is 3.90. The van der Waals surface area contributed by atoms with Crippen LogP contribution >= 0.6 is 0 Å². The molecule has 6 heteroatoms. The number of pyridine rings is 1. The van der Waals surface area contributed by atoms with Gasteiger partial charge in [-0.15, -0.1) is 0 Å². The molecule has 2 fully saturated rings. The minimum absolute atomic E-state index is 0.111. The number of amides is 1. The van der Waals surface area contributed by atoms with Crippen LogP contribution in [0.3, 0.4) is 0 Å². The highest BCUT2D eigenvalue weighted by molar-refractivity contribution is 5.78. The zero-order chi connectivity index (χ0) is 18.4. The van der Waals surface area contributed by atoms with Gasteiger partial charge < -0.3 is 15.0 Å². The summed E-state index contributed by atoms with van der Waals surface area (Å²) in [5, 5.41) is 3.21. The van der Waals surface area contributed by atoms with Gasteiger partial charge in [0.05, 0.1) is 24.9 Å². The van der Waals surface area contributed by atoms with Crippen LogP contribution in [0.15, 0.2) is 24.4 Å². The molecular formula is C20H32N4O2.